The molecule has 0 radical (unpaired) electrons. The van der Waals surface area contributed by atoms with Crippen molar-refractivity contribution < 1.29 is 22.7 Å². The molecule has 0 unspecified atom stereocenters. The quantitative estimate of drug-likeness (QED) is 0.615. The minimum absolute atomic E-state index is 0.00780. The third kappa shape index (κ3) is 4.83. The van der Waals surface area contributed by atoms with Crippen LogP contribution in [0.15, 0.2) is 34.0 Å². The van der Waals surface area contributed by atoms with E-state index in [2.05, 4.69) is 10.3 Å². The molecule has 158 valence electrons. The molecule has 1 aromatic carbocycles. The molecule has 0 fully saturated rings. The first-order chi connectivity index (χ1) is 13.6. The molecular weight excluding hydrogens is 398 g/mol. The van der Waals surface area contributed by atoms with Crippen LogP contribution in [-0.4, -0.2) is 55.3 Å². The standard InChI is InChI=1S/C19H25N3O6S/c1-5-20-18(24)12(4)28-19(25)15-11-17(23)21-16-9-8-13(10-14(15)16)29(26,27)22(6-2)7-3/h8-12H,5-7H2,1-4H3,(H,20,24)(H,21,23)/t12-/m0/s1. The van der Waals surface area contributed by atoms with Gasteiger partial charge in [0.15, 0.2) is 6.10 Å². The second-order valence-electron chi connectivity index (χ2n) is 6.29. The van der Waals surface area contributed by atoms with E-state index in [0.717, 1.165) is 6.07 Å². The van der Waals surface area contributed by atoms with E-state index in [1.54, 1.807) is 20.8 Å². The highest BCUT2D eigenvalue weighted by Gasteiger charge is 2.24. The number of hydrogen-bond acceptors (Lipinski definition) is 6. The van der Waals surface area contributed by atoms with Gasteiger partial charge < -0.3 is 15.0 Å². The third-order valence-corrected chi connectivity index (χ3v) is 6.43. The van der Waals surface area contributed by atoms with Crippen LogP contribution in [0.3, 0.4) is 0 Å². The lowest BCUT2D eigenvalue weighted by molar-refractivity contribution is -0.128. The van der Waals surface area contributed by atoms with Crippen molar-refractivity contribution in [2.45, 2.75) is 38.7 Å². The van der Waals surface area contributed by atoms with Crippen molar-refractivity contribution in [2.75, 3.05) is 19.6 Å². The van der Waals surface area contributed by atoms with Gasteiger partial charge in [0, 0.05) is 36.6 Å². The number of esters is 1. The van der Waals surface area contributed by atoms with Gasteiger partial charge in [-0.2, -0.15) is 4.31 Å². The first-order valence-corrected chi connectivity index (χ1v) is 10.8. The number of sulfonamides is 1. The lowest BCUT2D eigenvalue weighted by Crippen LogP contribution is -2.35. The van der Waals surface area contributed by atoms with Crippen LogP contribution in [0.4, 0.5) is 0 Å². The first-order valence-electron chi connectivity index (χ1n) is 9.31. The Hall–Kier alpha value is -2.72. The van der Waals surface area contributed by atoms with E-state index in [1.165, 1.54) is 29.4 Å². The molecule has 0 spiro atoms. The fourth-order valence-corrected chi connectivity index (χ4v) is 4.36. The van der Waals surface area contributed by atoms with Crippen LogP contribution in [0.25, 0.3) is 10.9 Å². The molecule has 1 atom stereocenters. The zero-order valence-electron chi connectivity index (χ0n) is 16.8. The number of pyridine rings is 1. The normalized spacial score (nSPS) is 12.7. The molecule has 29 heavy (non-hydrogen) atoms. The van der Waals surface area contributed by atoms with E-state index < -0.39 is 33.6 Å². The maximum atomic E-state index is 12.8. The SMILES string of the molecule is CCNC(=O)[C@H](C)OC(=O)c1cc(=O)[nH]c2ccc(S(=O)(=O)N(CC)CC)cc12. The van der Waals surface area contributed by atoms with Crippen LogP contribution in [-0.2, 0) is 19.6 Å². The highest BCUT2D eigenvalue weighted by molar-refractivity contribution is 7.89. The Labute approximate surface area is 169 Å². The minimum atomic E-state index is -3.76. The molecule has 0 bridgehead atoms. The maximum absolute atomic E-state index is 12.8. The van der Waals surface area contributed by atoms with Crippen LogP contribution in [0.2, 0.25) is 0 Å². The molecule has 1 amide bonds. The Morgan fingerprint density at radius 3 is 2.41 bits per heavy atom. The van der Waals surface area contributed by atoms with E-state index >= 15 is 0 Å². The number of nitrogens with one attached hydrogen (secondary N) is 2. The number of aromatic nitrogens is 1. The highest BCUT2D eigenvalue weighted by atomic mass is 32.2. The van der Waals surface area contributed by atoms with Gasteiger partial charge in [0.25, 0.3) is 5.91 Å². The van der Waals surface area contributed by atoms with Gasteiger partial charge in [0.05, 0.1) is 10.5 Å². The van der Waals surface area contributed by atoms with Gasteiger partial charge in [-0.05, 0) is 32.0 Å². The van der Waals surface area contributed by atoms with E-state index in [0.29, 0.717) is 19.6 Å². The lowest BCUT2D eigenvalue weighted by atomic mass is 10.1. The fraction of sp³-hybridized carbons (Fsp3) is 0.421. The summed E-state index contributed by atoms with van der Waals surface area (Å²) < 4.78 is 32.1. The number of nitrogens with zero attached hydrogens (tertiary/aromatic N) is 1. The highest BCUT2D eigenvalue weighted by Crippen LogP contribution is 2.23. The Morgan fingerprint density at radius 2 is 1.83 bits per heavy atom. The summed E-state index contributed by atoms with van der Waals surface area (Å²) in [4.78, 5) is 39.0. The molecule has 0 saturated heterocycles. The molecule has 2 N–H and O–H groups in total. The number of aromatic amines is 1. The number of hydrogen-bond donors (Lipinski definition) is 2. The van der Waals surface area contributed by atoms with E-state index in [9.17, 15) is 22.8 Å². The van der Waals surface area contributed by atoms with Crippen LogP contribution in [0.5, 0.6) is 0 Å². The largest absolute Gasteiger partial charge is 0.449 e. The summed E-state index contributed by atoms with van der Waals surface area (Å²) >= 11 is 0. The number of rotatable bonds is 8. The number of benzene rings is 1. The maximum Gasteiger partial charge on any atom is 0.339 e. The summed E-state index contributed by atoms with van der Waals surface area (Å²) in [5.74, 6) is -1.36. The molecule has 2 rings (SSSR count). The number of fused-ring (bicyclic) bond motifs is 1. The predicted molar refractivity (Wildman–Crippen MR) is 108 cm³/mol. The van der Waals surface area contributed by atoms with Gasteiger partial charge in [-0.3, -0.25) is 9.59 Å². The number of amides is 1. The van der Waals surface area contributed by atoms with Crippen LogP contribution in [0, 0.1) is 0 Å². The molecule has 2 aromatic rings. The minimum Gasteiger partial charge on any atom is -0.449 e. The number of likely N-dealkylation sites (N-methyl/N-ethyl adjacent to an activating group) is 1. The van der Waals surface area contributed by atoms with E-state index in [-0.39, 0.29) is 21.4 Å². The summed E-state index contributed by atoms with van der Waals surface area (Å²) in [5.41, 5.74) is -0.375. The van der Waals surface area contributed by atoms with Gasteiger partial charge in [-0.25, -0.2) is 13.2 Å². The topological polar surface area (TPSA) is 126 Å². The Morgan fingerprint density at radius 1 is 1.17 bits per heavy atom. The average Bonchev–Trinajstić information content (AvgIpc) is 2.67. The molecule has 0 aliphatic carbocycles. The average molecular weight is 423 g/mol. The summed E-state index contributed by atoms with van der Waals surface area (Å²) in [6.45, 7) is 7.56. The monoisotopic (exact) mass is 423 g/mol. The van der Waals surface area contributed by atoms with Crippen LogP contribution in [0.1, 0.15) is 38.1 Å². The van der Waals surface area contributed by atoms with E-state index in [1.807, 2.05) is 0 Å². The summed E-state index contributed by atoms with van der Waals surface area (Å²) in [6, 6.07) is 5.16. The molecule has 9 nitrogen and oxygen atoms in total. The van der Waals surface area contributed by atoms with Crippen LogP contribution < -0.4 is 10.9 Å². The number of carbonyl (C=O) groups excluding carboxylic acids is 2. The van der Waals surface area contributed by atoms with Crippen molar-refractivity contribution in [3.8, 4) is 0 Å². The summed E-state index contributed by atoms with van der Waals surface area (Å²) in [6.07, 6.45) is -1.07. The third-order valence-electron chi connectivity index (χ3n) is 4.38. The van der Waals surface area contributed by atoms with Crippen molar-refractivity contribution in [2.24, 2.45) is 0 Å². The summed E-state index contributed by atoms with van der Waals surface area (Å²) in [7, 11) is -3.76. The van der Waals surface area contributed by atoms with Gasteiger partial charge in [0.2, 0.25) is 15.6 Å². The van der Waals surface area contributed by atoms with E-state index in [4.69, 9.17) is 4.74 Å². The lowest BCUT2D eigenvalue weighted by Gasteiger charge is -2.19. The number of H-pyrrole nitrogens is 1. The second kappa shape index (κ2) is 9.19. The van der Waals surface area contributed by atoms with Crippen LogP contribution >= 0.6 is 0 Å². The Kier molecular flexibility index (Phi) is 7.15. The first kappa shape index (κ1) is 22.6. The second-order valence-corrected chi connectivity index (χ2v) is 8.22. The van der Waals surface area contributed by atoms with Gasteiger partial charge in [0.1, 0.15) is 0 Å². The zero-order valence-corrected chi connectivity index (χ0v) is 17.6. The van der Waals surface area contributed by atoms with Gasteiger partial charge in [-0.15, -0.1) is 0 Å². The molecule has 1 aromatic heterocycles. The van der Waals surface area contributed by atoms with Crippen molar-refractivity contribution in [1.29, 1.82) is 0 Å². The van der Waals surface area contributed by atoms with Gasteiger partial charge >= 0.3 is 5.97 Å². The Bertz CT molecular complexity index is 1070. The number of carbonyl (C=O) groups is 2. The molecule has 0 aliphatic rings. The molecule has 10 heteroatoms. The van der Waals surface area contributed by atoms with Crippen molar-refractivity contribution in [3.63, 3.8) is 0 Å². The number of ether oxygens (including phenoxy) is 1. The molecule has 0 aliphatic heterocycles. The smallest absolute Gasteiger partial charge is 0.339 e. The Balaban J connectivity index is 2.54. The molecule has 1 heterocycles. The summed E-state index contributed by atoms with van der Waals surface area (Å²) in [5, 5.41) is 2.75. The van der Waals surface area contributed by atoms with Crippen molar-refractivity contribution >= 4 is 32.8 Å². The van der Waals surface area contributed by atoms with Crippen molar-refractivity contribution in [1.82, 2.24) is 14.6 Å². The zero-order chi connectivity index (χ0) is 21.8. The molecular formula is C19H25N3O6S. The van der Waals surface area contributed by atoms with Gasteiger partial charge in [-0.1, -0.05) is 13.8 Å². The fourth-order valence-electron chi connectivity index (χ4n) is 2.87. The van der Waals surface area contributed by atoms with Crippen molar-refractivity contribution in [3.05, 3.63) is 40.2 Å². The predicted octanol–water partition coefficient (Wildman–Crippen LogP) is 1.24. The molecule has 0 saturated carbocycles.